The number of halogens is 2. The molecule has 0 atom stereocenters. The zero-order chi connectivity index (χ0) is 16.5. The first kappa shape index (κ1) is 17.4. The molecule has 122 valence electrons. The largest absolute Gasteiger partial charge is 0.370 e. The Morgan fingerprint density at radius 1 is 1.04 bits per heavy atom. The zero-order valence-corrected chi connectivity index (χ0v) is 14.0. The number of benzene rings is 1. The van der Waals surface area contributed by atoms with E-state index in [0.29, 0.717) is 23.1 Å². The fourth-order valence-corrected chi connectivity index (χ4v) is 2.19. The summed E-state index contributed by atoms with van der Waals surface area (Å²) in [7, 11) is 0. The van der Waals surface area contributed by atoms with Crippen LogP contribution >= 0.6 is 23.2 Å². The normalized spacial score (nSPS) is 10.2. The monoisotopic (exact) mass is 352 g/mol. The van der Waals surface area contributed by atoms with E-state index in [2.05, 4.69) is 20.9 Å². The number of hydrogen-bond acceptors (Lipinski definition) is 3. The highest BCUT2D eigenvalue weighted by molar-refractivity contribution is 6.42. The molecule has 3 N–H and O–H groups in total. The summed E-state index contributed by atoms with van der Waals surface area (Å²) in [6.07, 6.45) is 2.54. The summed E-state index contributed by atoms with van der Waals surface area (Å²) in [6, 6.07) is 10.7. The minimum atomic E-state index is -0.214. The third-order valence-electron chi connectivity index (χ3n) is 3.05. The van der Waals surface area contributed by atoms with Crippen molar-refractivity contribution < 1.29 is 4.79 Å². The highest BCUT2D eigenvalue weighted by Gasteiger charge is 2.02. The molecule has 0 aliphatic heterocycles. The molecule has 0 radical (unpaired) electrons. The summed E-state index contributed by atoms with van der Waals surface area (Å²) in [5, 5.41) is 9.72. The molecule has 1 heterocycles. The second-order valence-electron chi connectivity index (χ2n) is 4.85. The lowest BCUT2D eigenvalue weighted by Gasteiger charge is -2.09. The van der Waals surface area contributed by atoms with Gasteiger partial charge in [0.25, 0.3) is 0 Å². The first-order valence-corrected chi connectivity index (χ1v) is 8.01. The van der Waals surface area contributed by atoms with Gasteiger partial charge in [0.05, 0.1) is 10.0 Å². The fraction of sp³-hybridized carbons (Fsp3) is 0.250. The first-order valence-electron chi connectivity index (χ1n) is 7.25. The maximum absolute atomic E-state index is 11.7. The average Bonchev–Trinajstić information content (AvgIpc) is 2.56. The second kappa shape index (κ2) is 9.22. The van der Waals surface area contributed by atoms with E-state index >= 15 is 0 Å². The summed E-state index contributed by atoms with van der Waals surface area (Å²) < 4.78 is 0. The molecule has 1 aromatic heterocycles. The molecule has 0 bridgehead atoms. The van der Waals surface area contributed by atoms with E-state index in [4.69, 9.17) is 23.2 Å². The number of pyridine rings is 1. The Hall–Kier alpha value is -1.98. The summed E-state index contributed by atoms with van der Waals surface area (Å²) in [5.74, 6) is 0.830. The van der Waals surface area contributed by atoms with Crippen molar-refractivity contribution in [2.45, 2.75) is 13.0 Å². The van der Waals surface area contributed by atoms with Gasteiger partial charge < -0.3 is 16.0 Å². The Morgan fingerprint density at radius 2 is 1.91 bits per heavy atom. The predicted molar refractivity (Wildman–Crippen MR) is 94.0 cm³/mol. The Bertz CT molecular complexity index is 637. The van der Waals surface area contributed by atoms with E-state index in [9.17, 15) is 4.79 Å². The smallest absolute Gasteiger partial charge is 0.315 e. The van der Waals surface area contributed by atoms with Crippen molar-refractivity contribution in [1.29, 1.82) is 0 Å². The highest BCUT2D eigenvalue weighted by Crippen LogP contribution is 2.22. The predicted octanol–water partition coefficient (Wildman–Crippen LogP) is 3.69. The number of nitrogens with zero attached hydrogens (tertiary/aromatic N) is 1. The number of carbonyl (C=O) groups is 1. The molecule has 0 aliphatic carbocycles. The lowest BCUT2D eigenvalue weighted by molar-refractivity contribution is 0.240. The van der Waals surface area contributed by atoms with Crippen LogP contribution in [0.5, 0.6) is 0 Å². The van der Waals surface area contributed by atoms with Crippen molar-refractivity contribution in [1.82, 2.24) is 15.6 Å². The quantitative estimate of drug-likeness (QED) is 0.665. The van der Waals surface area contributed by atoms with Crippen LogP contribution in [0.25, 0.3) is 0 Å². The van der Waals surface area contributed by atoms with Crippen LogP contribution < -0.4 is 16.0 Å². The molecule has 0 unspecified atom stereocenters. The van der Waals surface area contributed by atoms with Gasteiger partial charge in [-0.3, -0.25) is 0 Å². The Balaban J connectivity index is 1.59. The number of rotatable bonds is 7. The van der Waals surface area contributed by atoms with E-state index in [0.717, 1.165) is 24.3 Å². The van der Waals surface area contributed by atoms with Crippen LogP contribution in [0.3, 0.4) is 0 Å². The van der Waals surface area contributed by atoms with Crippen molar-refractivity contribution >= 4 is 35.1 Å². The molecular weight excluding hydrogens is 335 g/mol. The van der Waals surface area contributed by atoms with E-state index in [1.807, 2.05) is 24.3 Å². The van der Waals surface area contributed by atoms with Crippen LogP contribution in [0.2, 0.25) is 10.0 Å². The van der Waals surface area contributed by atoms with Gasteiger partial charge in [0.15, 0.2) is 0 Å². The average molecular weight is 353 g/mol. The summed E-state index contributed by atoms with van der Waals surface area (Å²) in [4.78, 5) is 15.8. The molecule has 0 saturated carbocycles. The Morgan fingerprint density at radius 3 is 2.65 bits per heavy atom. The number of aromatic nitrogens is 1. The van der Waals surface area contributed by atoms with Gasteiger partial charge in [-0.05, 0) is 36.2 Å². The molecule has 2 aromatic rings. The van der Waals surface area contributed by atoms with Crippen LogP contribution in [0.1, 0.15) is 12.0 Å². The highest BCUT2D eigenvalue weighted by atomic mass is 35.5. The van der Waals surface area contributed by atoms with Crippen LogP contribution in [-0.2, 0) is 6.54 Å². The number of urea groups is 1. The fourth-order valence-electron chi connectivity index (χ4n) is 1.87. The van der Waals surface area contributed by atoms with Gasteiger partial charge >= 0.3 is 6.03 Å². The summed E-state index contributed by atoms with van der Waals surface area (Å²) >= 11 is 11.8. The van der Waals surface area contributed by atoms with Crippen LogP contribution in [0.4, 0.5) is 10.6 Å². The molecule has 7 heteroatoms. The maximum Gasteiger partial charge on any atom is 0.315 e. The third-order valence-corrected chi connectivity index (χ3v) is 3.79. The number of anilines is 1. The molecule has 5 nitrogen and oxygen atoms in total. The topological polar surface area (TPSA) is 66.0 Å². The molecule has 1 aromatic carbocycles. The van der Waals surface area contributed by atoms with Gasteiger partial charge in [0, 0.05) is 25.8 Å². The van der Waals surface area contributed by atoms with Crippen LogP contribution in [-0.4, -0.2) is 24.1 Å². The molecule has 0 saturated heterocycles. The lowest BCUT2D eigenvalue weighted by atomic mass is 10.2. The van der Waals surface area contributed by atoms with E-state index in [-0.39, 0.29) is 6.03 Å². The van der Waals surface area contributed by atoms with Gasteiger partial charge in [-0.15, -0.1) is 0 Å². The number of amides is 2. The molecule has 2 amide bonds. The minimum absolute atomic E-state index is 0.214. The Labute approximate surface area is 145 Å². The maximum atomic E-state index is 11.7. The molecule has 0 spiro atoms. The first-order chi connectivity index (χ1) is 11.1. The second-order valence-corrected chi connectivity index (χ2v) is 5.67. The van der Waals surface area contributed by atoms with Gasteiger partial charge in [0.1, 0.15) is 5.82 Å². The van der Waals surface area contributed by atoms with E-state index in [1.54, 1.807) is 18.3 Å². The van der Waals surface area contributed by atoms with Crippen molar-refractivity contribution in [3.8, 4) is 0 Å². The van der Waals surface area contributed by atoms with Crippen molar-refractivity contribution in [3.63, 3.8) is 0 Å². The Kier molecular flexibility index (Phi) is 6.97. The van der Waals surface area contributed by atoms with E-state index < -0.39 is 0 Å². The minimum Gasteiger partial charge on any atom is -0.370 e. The standard InChI is InChI=1S/C16H18Cl2N4O/c17-13-6-5-12(10-14(13)18)11-22-16(23)21-9-3-8-20-15-4-1-2-7-19-15/h1-2,4-7,10H,3,8-9,11H2,(H,19,20)(H2,21,22,23). The van der Waals surface area contributed by atoms with Gasteiger partial charge in [-0.25, -0.2) is 9.78 Å². The number of nitrogens with one attached hydrogen (secondary N) is 3. The van der Waals surface area contributed by atoms with Gasteiger partial charge in [0.2, 0.25) is 0 Å². The third kappa shape index (κ3) is 6.34. The van der Waals surface area contributed by atoms with E-state index in [1.165, 1.54) is 0 Å². The number of carbonyl (C=O) groups excluding carboxylic acids is 1. The SMILES string of the molecule is O=C(NCCCNc1ccccn1)NCc1ccc(Cl)c(Cl)c1. The lowest BCUT2D eigenvalue weighted by Crippen LogP contribution is -2.36. The molecule has 0 aliphatic rings. The van der Waals surface area contributed by atoms with Crippen molar-refractivity contribution in [2.75, 3.05) is 18.4 Å². The molecular formula is C16H18Cl2N4O. The van der Waals surface area contributed by atoms with Crippen LogP contribution in [0, 0.1) is 0 Å². The zero-order valence-electron chi connectivity index (χ0n) is 12.5. The van der Waals surface area contributed by atoms with Crippen LogP contribution in [0.15, 0.2) is 42.6 Å². The van der Waals surface area contributed by atoms with Gasteiger partial charge in [-0.2, -0.15) is 0 Å². The van der Waals surface area contributed by atoms with Crippen molar-refractivity contribution in [3.05, 3.63) is 58.2 Å². The summed E-state index contributed by atoms with van der Waals surface area (Å²) in [5.41, 5.74) is 0.895. The molecule has 2 rings (SSSR count). The van der Waals surface area contributed by atoms with Crippen molar-refractivity contribution in [2.24, 2.45) is 0 Å². The molecule has 0 fully saturated rings. The summed E-state index contributed by atoms with van der Waals surface area (Å²) in [6.45, 7) is 1.71. The molecule has 23 heavy (non-hydrogen) atoms. The number of hydrogen-bond donors (Lipinski definition) is 3. The van der Waals surface area contributed by atoms with Gasteiger partial charge in [-0.1, -0.05) is 35.3 Å².